The largest absolute Gasteiger partial charge is 0.477 e. The van der Waals surface area contributed by atoms with Gasteiger partial charge >= 0.3 is 5.97 Å². The summed E-state index contributed by atoms with van der Waals surface area (Å²) in [5, 5.41) is 13.2. The molecule has 0 atom stereocenters. The van der Waals surface area contributed by atoms with Crippen molar-refractivity contribution in [2.45, 2.75) is 13.3 Å². The Morgan fingerprint density at radius 1 is 1.00 bits per heavy atom. The number of aliphatic carboxylic acids is 1. The molecular weight excluding hydrogens is 344 g/mol. The molecule has 2 rings (SSSR count). The van der Waals surface area contributed by atoms with Gasteiger partial charge in [0.1, 0.15) is 0 Å². The van der Waals surface area contributed by atoms with Gasteiger partial charge in [0.15, 0.2) is 11.5 Å². The molecule has 0 saturated heterocycles. The summed E-state index contributed by atoms with van der Waals surface area (Å²) in [6.45, 7) is 1.88. The number of rotatable bonds is 6. The van der Waals surface area contributed by atoms with Crippen LogP contribution in [0.2, 0.25) is 5.02 Å². The average molecular weight is 359 g/mol. The van der Waals surface area contributed by atoms with Gasteiger partial charge in [0, 0.05) is 16.1 Å². The van der Waals surface area contributed by atoms with E-state index in [1.165, 1.54) is 24.3 Å². The molecule has 0 aromatic heterocycles. The van der Waals surface area contributed by atoms with Crippen molar-refractivity contribution in [3.63, 3.8) is 0 Å². The fraction of sp³-hybridized carbons (Fsp3) is 0.111. The molecule has 1 amide bonds. The first-order valence-electron chi connectivity index (χ1n) is 7.32. The van der Waals surface area contributed by atoms with Crippen molar-refractivity contribution in [3.05, 3.63) is 70.2 Å². The maximum Gasteiger partial charge on any atom is 0.352 e. The lowest BCUT2D eigenvalue weighted by molar-refractivity contribution is -0.129. The van der Waals surface area contributed by atoms with Gasteiger partial charge in [0.05, 0.1) is 6.42 Å². The van der Waals surface area contributed by atoms with Crippen LogP contribution >= 0.6 is 11.6 Å². The van der Waals surface area contributed by atoms with Crippen LogP contribution in [0.25, 0.3) is 0 Å². The maximum absolute atomic E-state index is 12.1. The van der Waals surface area contributed by atoms with E-state index >= 15 is 0 Å². The lowest BCUT2D eigenvalue weighted by Gasteiger charge is -2.04. The first-order chi connectivity index (χ1) is 11.9. The number of halogens is 1. The van der Waals surface area contributed by atoms with Gasteiger partial charge in [-0.1, -0.05) is 29.3 Å². The molecule has 0 bridgehead atoms. The molecule has 0 aliphatic rings. The van der Waals surface area contributed by atoms with E-state index in [2.05, 4.69) is 10.5 Å². The summed E-state index contributed by atoms with van der Waals surface area (Å²) in [7, 11) is 0. The lowest BCUT2D eigenvalue weighted by Crippen LogP contribution is -2.25. The van der Waals surface area contributed by atoms with E-state index in [0.29, 0.717) is 16.1 Å². The number of hydrazone groups is 1. The van der Waals surface area contributed by atoms with E-state index in [9.17, 15) is 19.5 Å². The van der Waals surface area contributed by atoms with Crippen molar-refractivity contribution in [2.75, 3.05) is 0 Å². The molecule has 0 aliphatic carbocycles. The smallest absolute Gasteiger partial charge is 0.352 e. The summed E-state index contributed by atoms with van der Waals surface area (Å²) in [4.78, 5) is 35.3. The summed E-state index contributed by atoms with van der Waals surface area (Å²) >= 11 is 5.75. The standard InChI is InChI=1S/C18H15ClN2O4/c1-11-2-4-13(5-3-11)17(23)21-20-15(18(24)25)10-16(22)12-6-8-14(19)9-7-12/h2-9H,10H2,1H3,(H,21,23)(H,24,25). The Hall–Kier alpha value is -2.99. The van der Waals surface area contributed by atoms with Crippen molar-refractivity contribution < 1.29 is 19.5 Å². The molecule has 0 heterocycles. The van der Waals surface area contributed by atoms with Crippen LogP contribution in [0.3, 0.4) is 0 Å². The molecule has 25 heavy (non-hydrogen) atoms. The fourth-order valence-corrected chi connectivity index (χ4v) is 2.07. The molecule has 2 N–H and O–H groups in total. The lowest BCUT2D eigenvalue weighted by atomic mass is 10.1. The normalized spacial score (nSPS) is 11.0. The third-order valence-corrected chi connectivity index (χ3v) is 3.60. The minimum atomic E-state index is -1.38. The quantitative estimate of drug-likeness (QED) is 0.471. The summed E-state index contributed by atoms with van der Waals surface area (Å²) in [6, 6.07) is 12.8. The summed E-state index contributed by atoms with van der Waals surface area (Å²) < 4.78 is 0. The van der Waals surface area contributed by atoms with Crippen molar-refractivity contribution in [3.8, 4) is 0 Å². The summed E-state index contributed by atoms with van der Waals surface area (Å²) in [6.07, 6.45) is -0.453. The number of nitrogens with zero attached hydrogens (tertiary/aromatic N) is 1. The number of carbonyl (C=O) groups excluding carboxylic acids is 2. The zero-order chi connectivity index (χ0) is 18.4. The molecule has 0 unspecified atom stereocenters. The van der Waals surface area contributed by atoms with Gasteiger partial charge in [-0.15, -0.1) is 0 Å². The highest BCUT2D eigenvalue weighted by atomic mass is 35.5. The van der Waals surface area contributed by atoms with Crippen molar-refractivity contribution in [1.29, 1.82) is 0 Å². The number of Topliss-reactive ketones (excluding diaryl/α,β-unsaturated/α-hetero) is 1. The van der Waals surface area contributed by atoms with E-state index in [1.54, 1.807) is 24.3 Å². The maximum atomic E-state index is 12.1. The van der Waals surface area contributed by atoms with E-state index in [0.717, 1.165) is 5.56 Å². The topological polar surface area (TPSA) is 95.8 Å². The Kier molecular flexibility index (Phi) is 6.03. The van der Waals surface area contributed by atoms with Crippen LogP contribution in [-0.2, 0) is 4.79 Å². The van der Waals surface area contributed by atoms with Crippen LogP contribution in [0, 0.1) is 6.92 Å². The van der Waals surface area contributed by atoms with Crippen LogP contribution in [0.15, 0.2) is 53.6 Å². The molecule has 128 valence electrons. The molecule has 6 nitrogen and oxygen atoms in total. The molecule has 0 radical (unpaired) electrons. The van der Waals surface area contributed by atoms with Gasteiger partial charge in [-0.25, -0.2) is 10.2 Å². The Morgan fingerprint density at radius 2 is 1.56 bits per heavy atom. The number of benzene rings is 2. The average Bonchev–Trinajstić information content (AvgIpc) is 2.59. The number of carbonyl (C=O) groups is 3. The molecule has 2 aromatic rings. The monoisotopic (exact) mass is 358 g/mol. The minimum absolute atomic E-state index is 0.309. The van der Waals surface area contributed by atoms with Gasteiger partial charge < -0.3 is 5.11 Å². The Balaban J connectivity index is 2.09. The Bertz CT molecular complexity index is 827. The van der Waals surface area contributed by atoms with E-state index in [1.807, 2.05) is 6.92 Å². The van der Waals surface area contributed by atoms with Crippen molar-refractivity contribution in [1.82, 2.24) is 5.43 Å². The SMILES string of the molecule is Cc1ccc(C(=O)NN=C(CC(=O)c2ccc(Cl)cc2)C(=O)O)cc1. The van der Waals surface area contributed by atoms with Crippen LogP contribution in [0.1, 0.15) is 32.7 Å². The third-order valence-electron chi connectivity index (χ3n) is 3.35. The Morgan fingerprint density at radius 3 is 2.12 bits per heavy atom. The van der Waals surface area contributed by atoms with Crippen molar-refractivity contribution in [2.24, 2.45) is 5.10 Å². The van der Waals surface area contributed by atoms with Crippen LogP contribution in [0.4, 0.5) is 0 Å². The first kappa shape index (κ1) is 18.4. The zero-order valence-electron chi connectivity index (χ0n) is 13.3. The van der Waals surface area contributed by atoms with E-state index < -0.39 is 29.8 Å². The number of aryl methyl sites for hydroxylation is 1. The third kappa shape index (κ3) is 5.26. The van der Waals surface area contributed by atoms with Gasteiger partial charge in [-0.05, 0) is 43.3 Å². The number of carboxylic acids is 1. The zero-order valence-corrected chi connectivity index (χ0v) is 14.1. The minimum Gasteiger partial charge on any atom is -0.477 e. The van der Waals surface area contributed by atoms with E-state index in [4.69, 9.17) is 11.6 Å². The number of nitrogens with one attached hydrogen (secondary N) is 1. The molecular formula is C18H15ClN2O4. The first-order valence-corrected chi connectivity index (χ1v) is 7.70. The van der Waals surface area contributed by atoms with Crippen LogP contribution in [0.5, 0.6) is 0 Å². The second-order valence-electron chi connectivity index (χ2n) is 5.28. The summed E-state index contributed by atoms with van der Waals surface area (Å²) in [5.41, 5.74) is 3.33. The Labute approximate surface area is 149 Å². The summed E-state index contributed by atoms with van der Waals surface area (Å²) in [5.74, 6) is -2.38. The van der Waals surface area contributed by atoms with Crippen molar-refractivity contribution >= 4 is 35.0 Å². The van der Waals surface area contributed by atoms with E-state index in [-0.39, 0.29) is 0 Å². The van der Waals surface area contributed by atoms with Gasteiger partial charge in [-0.3, -0.25) is 9.59 Å². The predicted octanol–water partition coefficient (Wildman–Crippen LogP) is 3.09. The molecule has 2 aromatic carbocycles. The number of carboxylic acid groups (broad SMARTS) is 1. The number of amides is 1. The molecule has 0 spiro atoms. The fourth-order valence-electron chi connectivity index (χ4n) is 1.94. The molecule has 0 fully saturated rings. The van der Waals surface area contributed by atoms with Gasteiger partial charge in [0.25, 0.3) is 5.91 Å². The second kappa shape index (κ2) is 8.21. The van der Waals surface area contributed by atoms with Gasteiger partial charge in [0.2, 0.25) is 0 Å². The molecule has 7 heteroatoms. The molecule has 0 aliphatic heterocycles. The highest BCUT2D eigenvalue weighted by Crippen LogP contribution is 2.11. The highest BCUT2D eigenvalue weighted by molar-refractivity contribution is 6.40. The predicted molar refractivity (Wildman–Crippen MR) is 94.1 cm³/mol. The second-order valence-corrected chi connectivity index (χ2v) is 5.71. The number of hydrogen-bond donors (Lipinski definition) is 2. The molecule has 0 saturated carbocycles. The van der Waals surface area contributed by atoms with Crippen LogP contribution < -0.4 is 5.43 Å². The van der Waals surface area contributed by atoms with Crippen LogP contribution in [-0.4, -0.2) is 28.5 Å². The number of hydrogen-bond acceptors (Lipinski definition) is 4. The highest BCUT2D eigenvalue weighted by Gasteiger charge is 2.17. The number of ketones is 1. The van der Waals surface area contributed by atoms with Gasteiger partial charge in [-0.2, -0.15) is 5.10 Å².